The number of nitrogens with one attached hydrogen (secondary N) is 3. The molecular weight excluding hydrogens is 530 g/mol. The van der Waals surface area contributed by atoms with E-state index in [1.54, 1.807) is 19.9 Å². The van der Waals surface area contributed by atoms with E-state index < -0.39 is 10.0 Å². The summed E-state index contributed by atoms with van der Waals surface area (Å²) < 4.78 is 39.9. The number of aliphatic imine (C=N–C) groups is 1. The number of hydrogen-bond donors (Lipinski definition) is 3. The summed E-state index contributed by atoms with van der Waals surface area (Å²) in [6.07, 6.45) is 0.690. The summed E-state index contributed by atoms with van der Waals surface area (Å²) in [6.45, 7) is 7.41. The first-order chi connectivity index (χ1) is 14.3. The first-order valence-electron chi connectivity index (χ1n) is 10.1. The van der Waals surface area contributed by atoms with Crippen molar-refractivity contribution in [3.05, 3.63) is 71.0 Å². The minimum atomic E-state index is -3.34. The van der Waals surface area contributed by atoms with Crippen LogP contribution in [0, 0.1) is 5.82 Å². The smallest absolute Gasteiger partial charge is 0.216 e. The fourth-order valence-electron chi connectivity index (χ4n) is 2.89. The van der Waals surface area contributed by atoms with Crippen LogP contribution in [0.2, 0.25) is 0 Å². The van der Waals surface area contributed by atoms with E-state index in [9.17, 15) is 12.8 Å². The molecule has 172 valence electrons. The molecule has 0 saturated carbocycles. The molecule has 0 aliphatic rings. The van der Waals surface area contributed by atoms with Crippen LogP contribution in [0.15, 0.2) is 53.5 Å². The minimum absolute atomic E-state index is 0. The SMILES string of the molecule is CCNC(=NCc1ccc(CS(=O)(=O)NC(C)C)cc1)NCCc1cccc(F)c1.I. The highest BCUT2D eigenvalue weighted by molar-refractivity contribution is 14.0. The molecule has 2 aromatic rings. The molecule has 9 heteroatoms. The van der Waals surface area contributed by atoms with E-state index in [2.05, 4.69) is 20.3 Å². The van der Waals surface area contributed by atoms with E-state index in [0.29, 0.717) is 25.5 Å². The van der Waals surface area contributed by atoms with Gasteiger partial charge in [-0.05, 0) is 56.0 Å². The van der Waals surface area contributed by atoms with Gasteiger partial charge in [0.2, 0.25) is 10.0 Å². The molecule has 0 aliphatic carbocycles. The average Bonchev–Trinajstić information content (AvgIpc) is 2.66. The lowest BCUT2D eigenvalue weighted by atomic mass is 10.1. The normalized spacial score (nSPS) is 11.8. The molecule has 0 spiro atoms. The molecule has 0 bridgehead atoms. The van der Waals surface area contributed by atoms with E-state index in [1.807, 2.05) is 37.3 Å². The van der Waals surface area contributed by atoms with Gasteiger partial charge in [-0.15, -0.1) is 24.0 Å². The standard InChI is InChI=1S/C22H31FN4O2S.HI/c1-4-24-22(25-13-12-18-6-5-7-21(23)14-18)26-15-19-8-10-20(11-9-19)16-30(28,29)27-17(2)3;/h5-11,14,17,27H,4,12-13,15-16H2,1-3H3,(H2,24,25,26);1H. The van der Waals surface area contributed by atoms with Gasteiger partial charge in [0, 0.05) is 19.1 Å². The molecule has 2 aromatic carbocycles. The first-order valence-corrected chi connectivity index (χ1v) is 11.8. The van der Waals surface area contributed by atoms with E-state index in [4.69, 9.17) is 0 Å². The zero-order valence-electron chi connectivity index (χ0n) is 18.2. The van der Waals surface area contributed by atoms with Crippen LogP contribution in [0.4, 0.5) is 4.39 Å². The molecule has 0 aromatic heterocycles. The monoisotopic (exact) mass is 562 g/mol. The third-order valence-electron chi connectivity index (χ3n) is 4.15. The van der Waals surface area contributed by atoms with Gasteiger partial charge in [-0.3, -0.25) is 0 Å². The molecule has 0 amide bonds. The Kier molecular flexibility index (Phi) is 12.0. The molecular formula is C22H32FIN4O2S. The fourth-order valence-corrected chi connectivity index (χ4v) is 4.32. The average molecular weight is 562 g/mol. The van der Waals surface area contributed by atoms with Gasteiger partial charge >= 0.3 is 0 Å². The summed E-state index contributed by atoms with van der Waals surface area (Å²) in [5.74, 6) is 0.407. The molecule has 0 atom stereocenters. The van der Waals surface area contributed by atoms with Gasteiger partial charge in [0.15, 0.2) is 5.96 Å². The van der Waals surface area contributed by atoms with Crippen molar-refractivity contribution in [3.63, 3.8) is 0 Å². The topological polar surface area (TPSA) is 82.6 Å². The van der Waals surface area contributed by atoms with Crippen LogP contribution in [-0.4, -0.2) is 33.5 Å². The third-order valence-corrected chi connectivity index (χ3v) is 5.70. The van der Waals surface area contributed by atoms with Crippen LogP contribution >= 0.6 is 24.0 Å². The highest BCUT2D eigenvalue weighted by Crippen LogP contribution is 2.09. The maximum absolute atomic E-state index is 13.3. The van der Waals surface area contributed by atoms with Gasteiger partial charge in [-0.1, -0.05) is 36.4 Å². The molecule has 2 rings (SSSR count). The Bertz CT molecular complexity index is 935. The molecule has 6 nitrogen and oxygen atoms in total. The maximum Gasteiger partial charge on any atom is 0.216 e. The van der Waals surface area contributed by atoms with Crippen LogP contribution in [0.5, 0.6) is 0 Å². The van der Waals surface area contributed by atoms with Gasteiger partial charge in [0.25, 0.3) is 0 Å². The summed E-state index contributed by atoms with van der Waals surface area (Å²) >= 11 is 0. The van der Waals surface area contributed by atoms with Gasteiger partial charge < -0.3 is 10.6 Å². The van der Waals surface area contributed by atoms with Gasteiger partial charge in [-0.2, -0.15) is 0 Å². The van der Waals surface area contributed by atoms with Crippen LogP contribution in [0.3, 0.4) is 0 Å². The Morgan fingerprint density at radius 3 is 2.32 bits per heavy atom. The Hall–Kier alpha value is -1.72. The minimum Gasteiger partial charge on any atom is -0.357 e. The van der Waals surface area contributed by atoms with Gasteiger partial charge in [0.1, 0.15) is 5.82 Å². The second-order valence-electron chi connectivity index (χ2n) is 7.35. The summed E-state index contributed by atoms with van der Waals surface area (Å²) in [7, 11) is -3.34. The predicted octanol–water partition coefficient (Wildman–Crippen LogP) is 3.57. The molecule has 0 aliphatic heterocycles. The molecule has 3 N–H and O–H groups in total. The van der Waals surface area contributed by atoms with E-state index in [0.717, 1.165) is 23.2 Å². The number of rotatable bonds is 10. The summed E-state index contributed by atoms with van der Waals surface area (Å²) in [5.41, 5.74) is 2.64. The van der Waals surface area contributed by atoms with Crippen molar-refractivity contribution in [1.29, 1.82) is 0 Å². The van der Waals surface area contributed by atoms with Crippen LogP contribution < -0.4 is 15.4 Å². The van der Waals surface area contributed by atoms with Gasteiger partial charge in [0.05, 0.1) is 12.3 Å². The Morgan fingerprint density at radius 1 is 1.03 bits per heavy atom. The maximum atomic E-state index is 13.3. The molecule has 0 fully saturated rings. The second kappa shape index (κ2) is 13.6. The summed E-state index contributed by atoms with van der Waals surface area (Å²) in [6, 6.07) is 13.9. The molecule has 31 heavy (non-hydrogen) atoms. The lowest BCUT2D eigenvalue weighted by Gasteiger charge is -2.12. The van der Waals surface area contributed by atoms with E-state index in [1.165, 1.54) is 12.1 Å². The zero-order valence-corrected chi connectivity index (χ0v) is 21.3. The zero-order chi connectivity index (χ0) is 22.0. The lowest BCUT2D eigenvalue weighted by Crippen LogP contribution is -2.38. The van der Waals surface area contributed by atoms with Gasteiger partial charge in [-0.25, -0.2) is 22.5 Å². The Balaban J connectivity index is 0.00000480. The Labute approximate surface area is 202 Å². The van der Waals surface area contributed by atoms with E-state index in [-0.39, 0.29) is 41.6 Å². The largest absolute Gasteiger partial charge is 0.357 e. The van der Waals surface area contributed by atoms with Crippen molar-refractivity contribution in [2.45, 2.75) is 45.5 Å². The summed E-state index contributed by atoms with van der Waals surface area (Å²) in [4.78, 5) is 4.57. The number of halogens is 2. The number of benzene rings is 2. The first kappa shape index (κ1) is 27.3. The van der Waals surface area contributed by atoms with Crippen molar-refractivity contribution in [1.82, 2.24) is 15.4 Å². The second-order valence-corrected chi connectivity index (χ2v) is 9.10. The number of hydrogen-bond acceptors (Lipinski definition) is 3. The molecule has 0 radical (unpaired) electrons. The molecule has 0 unspecified atom stereocenters. The van der Waals surface area contributed by atoms with Crippen LogP contribution in [0.1, 0.15) is 37.5 Å². The third kappa shape index (κ3) is 10.9. The Morgan fingerprint density at radius 2 is 1.71 bits per heavy atom. The lowest BCUT2D eigenvalue weighted by molar-refractivity contribution is 0.569. The number of sulfonamides is 1. The number of guanidine groups is 1. The van der Waals surface area contributed by atoms with Crippen molar-refractivity contribution in [3.8, 4) is 0 Å². The van der Waals surface area contributed by atoms with Crippen LogP contribution in [-0.2, 0) is 28.7 Å². The van der Waals surface area contributed by atoms with Crippen molar-refractivity contribution >= 4 is 40.0 Å². The quantitative estimate of drug-likeness (QED) is 0.235. The van der Waals surface area contributed by atoms with E-state index >= 15 is 0 Å². The highest BCUT2D eigenvalue weighted by Gasteiger charge is 2.12. The fraction of sp³-hybridized carbons (Fsp3) is 0.409. The molecule has 0 heterocycles. The molecule has 0 saturated heterocycles. The van der Waals surface area contributed by atoms with Crippen molar-refractivity contribution in [2.24, 2.45) is 4.99 Å². The van der Waals surface area contributed by atoms with Crippen LogP contribution in [0.25, 0.3) is 0 Å². The predicted molar refractivity (Wildman–Crippen MR) is 136 cm³/mol. The number of nitrogens with zero attached hydrogens (tertiary/aromatic N) is 1. The summed E-state index contributed by atoms with van der Waals surface area (Å²) in [5, 5.41) is 6.44. The highest BCUT2D eigenvalue weighted by atomic mass is 127. The van der Waals surface area contributed by atoms with Crippen molar-refractivity contribution < 1.29 is 12.8 Å². The van der Waals surface area contributed by atoms with Crippen molar-refractivity contribution in [2.75, 3.05) is 13.1 Å².